The van der Waals surface area contributed by atoms with Crippen LogP contribution in [0.5, 0.6) is 0 Å². The zero-order valence-corrected chi connectivity index (χ0v) is 4.35. The molecule has 0 amide bonds. The van der Waals surface area contributed by atoms with Gasteiger partial charge in [-0.15, -0.1) is 4.33 Å². The Bertz CT molecular complexity index is 28.9. The lowest BCUT2D eigenvalue weighted by atomic mass is 10.9. The summed E-state index contributed by atoms with van der Waals surface area (Å²) in [4.78, 5) is 0. The number of hydrogen-bond donors (Lipinski definition) is 2. The molecule has 0 aromatic heterocycles. The van der Waals surface area contributed by atoms with Gasteiger partial charge >= 0.3 is 0 Å². The SMILES string of the molecule is OCCSOOO. The van der Waals surface area contributed by atoms with E-state index < -0.39 is 0 Å². The van der Waals surface area contributed by atoms with Crippen LogP contribution in [0.3, 0.4) is 0 Å². The summed E-state index contributed by atoms with van der Waals surface area (Å²) in [6.07, 6.45) is 0. The molecule has 0 heterocycles. The van der Waals surface area contributed by atoms with Crippen molar-refractivity contribution in [3.8, 4) is 0 Å². The lowest BCUT2D eigenvalue weighted by Crippen LogP contribution is -1.87. The van der Waals surface area contributed by atoms with Gasteiger partial charge in [0.05, 0.1) is 6.61 Å². The first-order chi connectivity index (χ1) is 3.41. The second-order valence-electron chi connectivity index (χ2n) is 0.688. The fraction of sp³-hybridized carbons (Fsp3) is 1.00. The fourth-order valence-corrected chi connectivity index (χ4v) is 0.278. The molecule has 4 nitrogen and oxygen atoms in total. The lowest BCUT2D eigenvalue weighted by Gasteiger charge is -1.89. The average Bonchev–Trinajstić information content (AvgIpc) is 1.69. The zero-order valence-electron chi connectivity index (χ0n) is 3.53. The Morgan fingerprint density at radius 3 is 2.71 bits per heavy atom. The first-order valence-electron chi connectivity index (χ1n) is 1.62. The van der Waals surface area contributed by atoms with E-state index in [0.29, 0.717) is 5.75 Å². The number of aliphatic hydroxyl groups excluding tert-OH is 1. The minimum atomic E-state index is 0.00796. The van der Waals surface area contributed by atoms with Crippen molar-refractivity contribution in [2.24, 2.45) is 0 Å². The van der Waals surface area contributed by atoms with Crippen LogP contribution in [-0.2, 0) is 9.37 Å². The van der Waals surface area contributed by atoms with Crippen molar-refractivity contribution in [2.75, 3.05) is 12.4 Å². The maximum atomic E-state index is 8.05. The van der Waals surface area contributed by atoms with Crippen LogP contribution < -0.4 is 0 Å². The van der Waals surface area contributed by atoms with Crippen molar-refractivity contribution in [2.45, 2.75) is 0 Å². The van der Waals surface area contributed by atoms with Crippen molar-refractivity contribution in [3.05, 3.63) is 0 Å². The summed E-state index contributed by atoms with van der Waals surface area (Å²) >= 11 is 0.831. The summed E-state index contributed by atoms with van der Waals surface area (Å²) in [5, 5.41) is 18.7. The number of rotatable bonds is 4. The van der Waals surface area contributed by atoms with E-state index in [0.717, 1.165) is 12.0 Å². The summed E-state index contributed by atoms with van der Waals surface area (Å²) in [6, 6.07) is 0. The van der Waals surface area contributed by atoms with Crippen LogP contribution in [0.1, 0.15) is 0 Å². The second-order valence-corrected chi connectivity index (χ2v) is 1.47. The van der Waals surface area contributed by atoms with Gasteiger partial charge in [-0.2, -0.15) is 0 Å². The Labute approximate surface area is 45.1 Å². The Morgan fingerprint density at radius 1 is 1.57 bits per heavy atom. The molecule has 0 fully saturated rings. The van der Waals surface area contributed by atoms with Crippen LogP contribution in [0.4, 0.5) is 0 Å². The van der Waals surface area contributed by atoms with Crippen molar-refractivity contribution < 1.29 is 19.7 Å². The normalized spacial score (nSPS) is 9.43. The molecule has 0 rings (SSSR count). The third-order valence-corrected chi connectivity index (χ3v) is 0.759. The maximum absolute atomic E-state index is 8.05. The van der Waals surface area contributed by atoms with E-state index in [-0.39, 0.29) is 6.61 Å². The van der Waals surface area contributed by atoms with Gasteiger partial charge in [0.2, 0.25) is 0 Å². The fourth-order valence-electron chi connectivity index (χ4n) is 0.0928. The molecule has 0 spiro atoms. The zero-order chi connectivity index (χ0) is 5.54. The van der Waals surface area contributed by atoms with Gasteiger partial charge in [-0.05, 0) is 0 Å². The molecule has 0 aliphatic heterocycles. The highest BCUT2D eigenvalue weighted by molar-refractivity contribution is 7.94. The number of aliphatic hydroxyl groups is 1. The Balaban J connectivity index is 2.45. The second kappa shape index (κ2) is 6.19. The van der Waals surface area contributed by atoms with Gasteiger partial charge in [0, 0.05) is 17.8 Å². The van der Waals surface area contributed by atoms with Crippen LogP contribution in [-0.4, -0.2) is 22.7 Å². The van der Waals surface area contributed by atoms with E-state index in [4.69, 9.17) is 10.4 Å². The van der Waals surface area contributed by atoms with Gasteiger partial charge in [0.25, 0.3) is 0 Å². The average molecular weight is 126 g/mol. The molecule has 7 heavy (non-hydrogen) atoms. The van der Waals surface area contributed by atoms with E-state index in [1.165, 1.54) is 0 Å². The van der Waals surface area contributed by atoms with Gasteiger partial charge in [0.1, 0.15) is 0 Å². The van der Waals surface area contributed by atoms with Crippen LogP contribution in [0.2, 0.25) is 0 Å². The largest absolute Gasteiger partial charge is 0.395 e. The molecule has 5 heteroatoms. The summed E-state index contributed by atoms with van der Waals surface area (Å²) in [6.45, 7) is 0.00796. The van der Waals surface area contributed by atoms with E-state index in [2.05, 4.69) is 9.37 Å². The molecule has 0 aromatic rings. The molecule has 44 valence electrons. The summed E-state index contributed by atoms with van der Waals surface area (Å²) in [5.74, 6) is 0.389. The molecule has 0 aromatic carbocycles. The molecule has 0 unspecified atom stereocenters. The molecule has 0 saturated heterocycles. The highest BCUT2D eigenvalue weighted by Crippen LogP contribution is 1.98. The standard InChI is InChI=1S/C2H6O4S/c3-1-2-7-6-5-4/h3-4H,1-2H2. The van der Waals surface area contributed by atoms with E-state index in [1.54, 1.807) is 0 Å². The highest BCUT2D eigenvalue weighted by Gasteiger charge is 1.83. The van der Waals surface area contributed by atoms with Crippen molar-refractivity contribution in [1.29, 1.82) is 0 Å². The maximum Gasteiger partial charge on any atom is 0.0545 e. The van der Waals surface area contributed by atoms with Crippen molar-refractivity contribution in [3.63, 3.8) is 0 Å². The van der Waals surface area contributed by atoms with E-state index in [9.17, 15) is 0 Å². The van der Waals surface area contributed by atoms with Crippen molar-refractivity contribution >= 4 is 12.0 Å². The predicted molar refractivity (Wildman–Crippen MR) is 24.3 cm³/mol. The minimum absolute atomic E-state index is 0.00796. The van der Waals surface area contributed by atoms with Gasteiger partial charge in [0.15, 0.2) is 0 Å². The summed E-state index contributed by atoms with van der Waals surface area (Å²) in [7, 11) is 0. The molecule has 2 N–H and O–H groups in total. The van der Waals surface area contributed by atoms with Crippen LogP contribution in [0, 0.1) is 0 Å². The predicted octanol–water partition coefficient (Wildman–Crippen LogP) is 0.0481. The molecular weight excluding hydrogens is 120 g/mol. The van der Waals surface area contributed by atoms with Gasteiger partial charge in [-0.25, -0.2) is 5.26 Å². The molecular formula is C2H6O4S. The molecule has 0 radical (unpaired) electrons. The van der Waals surface area contributed by atoms with Gasteiger partial charge in [-0.1, -0.05) is 5.04 Å². The van der Waals surface area contributed by atoms with Gasteiger partial charge < -0.3 is 5.11 Å². The highest BCUT2D eigenvalue weighted by atomic mass is 32.2. The van der Waals surface area contributed by atoms with E-state index in [1.807, 2.05) is 0 Å². The molecule has 0 aliphatic rings. The van der Waals surface area contributed by atoms with Crippen molar-refractivity contribution in [1.82, 2.24) is 0 Å². The quantitative estimate of drug-likeness (QED) is 0.241. The Hall–Kier alpha value is 0.190. The monoisotopic (exact) mass is 126 g/mol. The number of hydrogen-bond acceptors (Lipinski definition) is 5. The summed E-state index contributed by atoms with van der Waals surface area (Å²) in [5.41, 5.74) is 0. The first kappa shape index (κ1) is 7.19. The lowest BCUT2D eigenvalue weighted by molar-refractivity contribution is -0.432. The third kappa shape index (κ3) is 6.19. The van der Waals surface area contributed by atoms with Crippen LogP contribution >= 0.6 is 12.0 Å². The van der Waals surface area contributed by atoms with Crippen LogP contribution in [0.25, 0.3) is 0 Å². The van der Waals surface area contributed by atoms with Gasteiger partial charge in [-0.3, -0.25) is 0 Å². The smallest absolute Gasteiger partial charge is 0.0545 e. The molecule has 0 bridgehead atoms. The summed E-state index contributed by atoms with van der Waals surface area (Å²) < 4.78 is 3.89. The Morgan fingerprint density at radius 2 is 2.29 bits per heavy atom. The van der Waals surface area contributed by atoms with E-state index >= 15 is 0 Å². The minimum Gasteiger partial charge on any atom is -0.395 e. The van der Waals surface area contributed by atoms with Crippen LogP contribution in [0.15, 0.2) is 0 Å². The molecule has 0 aliphatic carbocycles. The molecule has 0 atom stereocenters. The topological polar surface area (TPSA) is 58.9 Å². The third-order valence-electron chi connectivity index (χ3n) is 0.253. The molecule has 0 saturated carbocycles. The first-order valence-corrected chi connectivity index (χ1v) is 2.53. The Kier molecular flexibility index (Phi) is 6.36.